The standard InChI is InChI=1S/C38H48N4O6/c1-6-39(7-2)26-12-14-27(15-13-26)41-22-10-20-38-33(36(45)42(34(38)37(41)46)29(24-43)23-25(4)5)32-31(48-38)11-9-21-40(35(32)44)28-16-18-30(19-17-28)47-8-3/h9-20,25,29,31-34,43H,6-8,21-24H2,1-5H3/t29-,31-,32+,33+,34?,38+/m1/s1. The van der Waals surface area contributed by atoms with E-state index in [0.717, 1.165) is 18.8 Å². The fraction of sp³-hybridized carbons (Fsp3) is 0.500. The Balaban J connectivity index is 1.40. The van der Waals surface area contributed by atoms with Gasteiger partial charge < -0.3 is 34.2 Å². The van der Waals surface area contributed by atoms with Gasteiger partial charge in [0.2, 0.25) is 11.8 Å². The molecule has 0 radical (unpaired) electrons. The average Bonchev–Trinajstić information content (AvgIpc) is 3.40. The number of hydrogen-bond donors (Lipinski definition) is 1. The van der Waals surface area contributed by atoms with Gasteiger partial charge in [0, 0.05) is 43.2 Å². The number of hydrogen-bond acceptors (Lipinski definition) is 7. The number of carbonyl (C=O) groups excluding carboxylic acids is 3. The second-order valence-electron chi connectivity index (χ2n) is 13.4. The van der Waals surface area contributed by atoms with E-state index in [4.69, 9.17) is 9.47 Å². The summed E-state index contributed by atoms with van der Waals surface area (Å²) in [7, 11) is 0. The lowest BCUT2D eigenvalue weighted by Crippen LogP contribution is -2.58. The van der Waals surface area contributed by atoms with Gasteiger partial charge in [0.15, 0.2) is 0 Å². The third kappa shape index (κ3) is 5.68. The van der Waals surface area contributed by atoms with E-state index in [1.54, 1.807) is 14.7 Å². The summed E-state index contributed by atoms with van der Waals surface area (Å²) in [6.07, 6.45) is 7.30. The van der Waals surface area contributed by atoms with Crippen LogP contribution in [0.3, 0.4) is 0 Å². The quantitative estimate of drug-likeness (QED) is 0.357. The smallest absolute Gasteiger partial charge is 0.253 e. The van der Waals surface area contributed by atoms with Crippen molar-refractivity contribution in [2.24, 2.45) is 17.8 Å². The van der Waals surface area contributed by atoms with Crippen LogP contribution in [0.2, 0.25) is 0 Å². The zero-order valence-electron chi connectivity index (χ0n) is 28.6. The van der Waals surface area contributed by atoms with Crippen molar-refractivity contribution in [3.8, 4) is 5.75 Å². The number of fused-ring (bicyclic) bond motifs is 2. The Morgan fingerprint density at radius 2 is 1.52 bits per heavy atom. The highest BCUT2D eigenvalue weighted by Crippen LogP contribution is 2.54. The van der Waals surface area contributed by atoms with Crippen molar-refractivity contribution in [1.29, 1.82) is 0 Å². The van der Waals surface area contributed by atoms with E-state index in [0.29, 0.717) is 36.7 Å². The number of ether oxygens (including phenoxy) is 2. The van der Waals surface area contributed by atoms with Crippen LogP contribution < -0.4 is 19.4 Å². The molecule has 6 atom stereocenters. The lowest BCUT2D eigenvalue weighted by atomic mass is 9.77. The molecule has 2 saturated heterocycles. The summed E-state index contributed by atoms with van der Waals surface area (Å²) in [4.78, 5) is 51.4. The second kappa shape index (κ2) is 13.8. The van der Waals surface area contributed by atoms with Gasteiger partial charge in [0.1, 0.15) is 17.4 Å². The van der Waals surface area contributed by atoms with Gasteiger partial charge in [0.05, 0.1) is 37.2 Å². The number of carbonyl (C=O) groups is 3. The molecule has 0 aromatic heterocycles. The van der Waals surface area contributed by atoms with Gasteiger partial charge >= 0.3 is 0 Å². The highest BCUT2D eigenvalue weighted by Gasteiger charge is 2.72. The Morgan fingerprint density at radius 3 is 2.12 bits per heavy atom. The fourth-order valence-electron chi connectivity index (χ4n) is 8.07. The maximum atomic E-state index is 14.9. The highest BCUT2D eigenvalue weighted by atomic mass is 16.5. The van der Waals surface area contributed by atoms with Crippen LogP contribution in [-0.4, -0.2) is 90.9 Å². The summed E-state index contributed by atoms with van der Waals surface area (Å²) in [6.45, 7) is 12.7. The number of aliphatic hydroxyl groups is 1. The number of benzene rings is 2. The first-order chi connectivity index (χ1) is 23.2. The van der Waals surface area contributed by atoms with Gasteiger partial charge in [-0.2, -0.15) is 0 Å². The summed E-state index contributed by atoms with van der Waals surface area (Å²) in [5.74, 6) is -1.80. The molecule has 0 bridgehead atoms. The molecule has 3 amide bonds. The van der Waals surface area contributed by atoms with Crippen molar-refractivity contribution >= 4 is 34.8 Å². The predicted molar refractivity (Wildman–Crippen MR) is 186 cm³/mol. The first kappa shape index (κ1) is 33.7. The van der Waals surface area contributed by atoms with E-state index in [1.807, 2.05) is 93.6 Å². The Labute approximate surface area is 283 Å². The minimum atomic E-state index is -1.38. The van der Waals surface area contributed by atoms with Crippen LogP contribution in [0.25, 0.3) is 0 Å². The number of anilines is 3. The molecule has 2 aromatic carbocycles. The van der Waals surface area contributed by atoms with Gasteiger partial charge in [-0.05, 0) is 81.6 Å². The van der Waals surface area contributed by atoms with Crippen molar-refractivity contribution in [2.75, 3.05) is 54.1 Å². The Kier molecular flexibility index (Phi) is 9.67. The summed E-state index contributed by atoms with van der Waals surface area (Å²) in [5, 5.41) is 10.7. The monoisotopic (exact) mass is 656 g/mol. The van der Waals surface area contributed by atoms with Crippen molar-refractivity contribution in [1.82, 2.24) is 4.90 Å². The third-order valence-corrected chi connectivity index (χ3v) is 10.2. The van der Waals surface area contributed by atoms with E-state index in [-0.39, 0.29) is 36.8 Å². The molecule has 10 heteroatoms. The highest BCUT2D eigenvalue weighted by molar-refractivity contribution is 6.07. The van der Waals surface area contributed by atoms with Crippen LogP contribution >= 0.6 is 0 Å². The molecule has 4 aliphatic rings. The minimum absolute atomic E-state index is 0.151. The van der Waals surface area contributed by atoms with Crippen LogP contribution in [0.15, 0.2) is 72.8 Å². The SMILES string of the molecule is CCOc1ccc(N2CC=C[C@H]3O[C@]45C=CCN(c6ccc(N(CC)CC)cc6)C(=O)C4N([C@@H](CO)CC(C)C)C(=O)[C@@H]5[C@H]3C2=O)cc1. The Hall–Kier alpha value is -4.15. The zero-order chi connectivity index (χ0) is 34.2. The normalized spacial score (nSPS) is 27.1. The van der Waals surface area contributed by atoms with Gasteiger partial charge in [-0.3, -0.25) is 14.4 Å². The van der Waals surface area contributed by atoms with E-state index >= 15 is 0 Å². The van der Waals surface area contributed by atoms with E-state index < -0.39 is 35.6 Å². The molecule has 2 aromatic rings. The minimum Gasteiger partial charge on any atom is -0.494 e. The lowest BCUT2D eigenvalue weighted by molar-refractivity contribution is -0.144. The average molecular weight is 657 g/mol. The van der Waals surface area contributed by atoms with Crippen LogP contribution in [0, 0.1) is 17.8 Å². The van der Waals surface area contributed by atoms with Crippen LogP contribution in [0.4, 0.5) is 17.1 Å². The summed E-state index contributed by atoms with van der Waals surface area (Å²) in [6, 6.07) is 13.6. The molecule has 10 nitrogen and oxygen atoms in total. The second-order valence-corrected chi connectivity index (χ2v) is 13.4. The topological polar surface area (TPSA) is 103 Å². The molecule has 2 fully saturated rings. The molecule has 256 valence electrons. The van der Waals surface area contributed by atoms with Crippen LogP contribution in [-0.2, 0) is 19.1 Å². The first-order valence-corrected chi connectivity index (χ1v) is 17.3. The third-order valence-electron chi connectivity index (χ3n) is 10.2. The molecule has 48 heavy (non-hydrogen) atoms. The van der Waals surface area contributed by atoms with E-state index in [1.165, 1.54) is 0 Å². The molecule has 4 heterocycles. The lowest BCUT2D eigenvalue weighted by Gasteiger charge is -2.39. The van der Waals surface area contributed by atoms with E-state index in [9.17, 15) is 19.5 Å². The Bertz CT molecular complexity index is 1550. The number of aliphatic hydroxyl groups excluding tert-OH is 1. The summed E-state index contributed by atoms with van der Waals surface area (Å²) in [5.41, 5.74) is 1.08. The molecule has 1 N–H and O–H groups in total. The van der Waals surface area contributed by atoms with E-state index in [2.05, 4.69) is 18.7 Å². The molecular formula is C38H48N4O6. The number of rotatable bonds is 11. The van der Waals surface area contributed by atoms with Gasteiger partial charge in [-0.1, -0.05) is 38.2 Å². The molecule has 1 spiro atoms. The maximum absolute atomic E-state index is 14.9. The van der Waals surface area contributed by atoms with Gasteiger partial charge in [0.25, 0.3) is 5.91 Å². The Morgan fingerprint density at radius 1 is 0.896 bits per heavy atom. The van der Waals surface area contributed by atoms with Gasteiger partial charge in [-0.15, -0.1) is 0 Å². The molecule has 0 aliphatic carbocycles. The van der Waals surface area contributed by atoms with Crippen LogP contribution in [0.5, 0.6) is 5.75 Å². The largest absolute Gasteiger partial charge is 0.494 e. The van der Waals surface area contributed by atoms with Gasteiger partial charge in [-0.25, -0.2) is 0 Å². The fourth-order valence-corrected chi connectivity index (χ4v) is 8.07. The van der Waals surface area contributed by atoms with Crippen molar-refractivity contribution in [2.45, 2.75) is 64.8 Å². The molecular weight excluding hydrogens is 608 g/mol. The van der Waals surface area contributed by atoms with Crippen molar-refractivity contribution in [3.63, 3.8) is 0 Å². The maximum Gasteiger partial charge on any atom is 0.253 e. The first-order valence-electron chi connectivity index (χ1n) is 17.3. The summed E-state index contributed by atoms with van der Waals surface area (Å²) < 4.78 is 12.4. The molecule has 1 unspecified atom stereocenters. The summed E-state index contributed by atoms with van der Waals surface area (Å²) >= 11 is 0. The molecule has 4 aliphatic heterocycles. The predicted octanol–water partition coefficient (Wildman–Crippen LogP) is 4.43. The number of amides is 3. The van der Waals surface area contributed by atoms with Crippen molar-refractivity contribution in [3.05, 3.63) is 72.8 Å². The zero-order valence-corrected chi connectivity index (χ0v) is 28.6. The van der Waals surface area contributed by atoms with Crippen LogP contribution in [0.1, 0.15) is 41.0 Å². The molecule has 6 rings (SSSR count). The molecule has 0 saturated carbocycles. The van der Waals surface area contributed by atoms with Crippen molar-refractivity contribution < 1.29 is 29.0 Å². The number of nitrogens with zero attached hydrogens (tertiary/aromatic N) is 4. The number of likely N-dealkylation sites (tertiary alicyclic amines) is 1.